The van der Waals surface area contributed by atoms with E-state index in [0.717, 1.165) is 12.1 Å². The van der Waals surface area contributed by atoms with Gasteiger partial charge < -0.3 is 5.32 Å². The molecule has 0 aliphatic heterocycles. The van der Waals surface area contributed by atoms with Crippen molar-refractivity contribution >= 4 is 21.8 Å². The van der Waals surface area contributed by atoms with Crippen LogP contribution in [0.2, 0.25) is 0 Å². The highest BCUT2D eigenvalue weighted by atomic mass is 79.9. The van der Waals surface area contributed by atoms with Crippen LogP contribution in [0.3, 0.4) is 0 Å². The zero-order valence-electron chi connectivity index (χ0n) is 7.90. The Bertz CT molecular complexity index is 291. The van der Waals surface area contributed by atoms with Crippen LogP contribution in [0.1, 0.15) is 19.0 Å². The molecule has 0 spiro atoms. The van der Waals surface area contributed by atoms with Gasteiger partial charge in [-0.1, -0.05) is 22.9 Å². The van der Waals surface area contributed by atoms with Crippen molar-refractivity contribution in [3.05, 3.63) is 24.0 Å². The fourth-order valence-electron chi connectivity index (χ4n) is 0.902. The van der Waals surface area contributed by atoms with Crippen LogP contribution in [-0.4, -0.2) is 20.9 Å². The third-order valence-corrected chi connectivity index (χ3v) is 2.78. The molecule has 0 aliphatic carbocycles. The number of hydrogen-bond acceptors (Lipinski definition) is 3. The molecule has 4 nitrogen and oxygen atoms in total. The highest BCUT2D eigenvalue weighted by Crippen LogP contribution is 2.03. The van der Waals surface area contributed by atoms with Crippen LogP contribution in [0.25, 0.3) is 0 Å². The minimum absolute atomic E-state index is 0.0156. The predicted octanol–water partition coefficient (Wildman–Crippen LogP) is 1.27. The second-order valence-electron chi connectivity index (χ2n) is 2.81. The van der Waals surface area contributed by atoms with E-state index in [0.29, 0.717) is 6.54 Å². The number of rotatable bonds is 4. The Morgan fingerprint density at radius 3 is 3.07 bits per heavy atom. The maximum atomic E-state index is 11.3. The Morgan fingerprint density at radius 2 is 2.50 bits per heavy atom. The van der Waals surface area contributed by atoms with Gasteiger partial charge in [-0.25, -0.2) is 0 Å². The molecule has 0 aliphatic rings. The number of carbonyl (C=O) groups is 1. The molecule has 1 amide bonds. The van der Waals surface area contributed by atoms with Crippen LogP contribution < -0.4 is 5.32 Å². The number of halogens is 1. The number of hydrogen-bond donors (Lipinski definition) is 1. The van der Waals surface area contributed by atoms with Crippen LogP contribution in [0.4, 0.5) is 0 Å². The molecular weight excluding hydrogens is 246 g/mol. The van der Waals surface area contributed by atoms with Gasteiger partial charge >= 0.3 is 0 Å². The van der Waals surface area contributed by atoms with Crippen LogP contribution >= 0.6 is 15.9 Å². The van der Waals surface area contributed by atoms with Gasteiger partial charge in [0.15, 0.2) is 0 Å². The van der Waals surface area contributed by atoms with E-state index in [1.807, 2.05) is 13.0 Å². The summed E-state index contributed by atoms with van der Waals surface area (Å²) < 4.78 is 0. The average Bonchev–Trinajstić information content (AvgIpc) is 2.26. The lowest BCUT2D eigenvalue weighted by Gasteiger charge is -2.07. The van der Waals surface area contributed by atoms with Gasteiger partial charge in [-0.15, -0.1) is 0 Å². The van der Waals surface area contributed by atoms with E-state index >= 15 is 0 Å². The number of carbonyl (C=O) groups excluding carboxylic acids is 1. The Kier molecular flexibility index (Phi) is 4.52. The Morgan fingerprint density at radius 1 is 1.71 bits per heavy atom. The number of aromatic nitrogens is 2. The molecule has 1 atom stereocenters. The SMILES string of the molecule is CCC(Br)C(=O)NCc1cccnn1. The van der Waals surface area contributed by atoms with Gasteiger partial charge in [-0.2, -0.15) is 10.2 Å². The first kappa shape index (κ1) is 11.1. The van der Waals surface area contributed by atoms with Crippen LogP contribution in [0.15, 0.2) is 18.3 Å². The van der Waals surface area contributed by atoms with Gasteiger partial charge in [-0.3, -0.25) is 4.79 Å². The fourth-order valence-corrected chi connectivity index (χ4v) is 1.06. The second-order valence-corrected chi connectivity index (χ2v) is 3.91. The monoisotopic (exact) mass is 257 g/mol. The summed E-state index contributed by atoms with van der Waals surface area (Å²) in [5.74, 6) is -0.0156. The smallest absolute Gasteiger partial charge is 0.234 e. The first-order chi connectivity index (χ1) is 6.74. The Labute approximate surface area is 91.2 Å². The number of nitrogens with one attached hydrogen (secondary N) is 1. The maximum Gasteiger partial charge on any atom is 0.234 e. The van der Waals surface area contributed by atoms with Crippen molar-refractivity contribution in [2.75, 3.05) is 0 Å². The largest absolute Gasteiger partial charge is 0.349 e. The molecule has 14 heavy (non-hydrogen) atoms. The minimum Gasteiger partial charge on any atom is -0.349 e. The summed E-state index contributed by atoms with van der Waals surface area (Å²) in [6.45, 7) is 2.37. The molecular formula is C9H12BrN3O. The van der Waals surface area contributed by atoms with Crippen LogP contribution in [-0.2, 0) is 11.3 Å². The molecule has 1 rings (SSSR count). The average molecular weight is 258 g/mol. The number of nitrogens with zero attached hydrogens (tertiary/aromatic N) is 2. The van der Waals surface area contributed by atoms with Gasteiger partial charge in [0.2, 0.25) is 5.91 Å². The minimum atomic E-state index is -0.126. The van der Waals surface area contributed by atoms with Gasteiger partial charge in [0.25, 0.3) is 0 Å². The van der Waals surface area contributed by atoms with E-state index in [-0.39, 0.29) is 10.7 Å². The van der Waals surface area contributed by atoms with Crippen LogP contribution in [0, 0.1) is 0 Å². The van der Waals surface area contributed by atoms with Crippen molar-refractivity contribution in [1.82, 2.24) is 15.5 Å². The van der Waals surface area contributed by atoms with E-state index in [1.165, 1.54) is 0 Å². The van der Waals surface area contributed by atoms with E-state index in [1.54, 1.807) is 12.3 Å². The molecule has 1 aromatic rings. The van der Waals surface area contributed by atoms with Crippen molar-refractivity contribution < 1.29 is 4.79 Å². The third kappa shape index (κ3) is 3.41. The third-order valence-electron chi connectivity index (χ3n) is 1.71. The molecule has 0 bridgehead atoms. The molecule has 5 heteroatoms. The summed E-state index contributed by atoms with van der Waals surface area (Å²) in [5, 5.41) is 10.3. The molecule has 1 unspecified atom stereocenters. The summed E-state index contributed by atoms with van der Waals surface area (Å²) in [6, 6.07) is 3.61. The van der Waals surface area contributed by atoms with Gasteiger partial charge in [0, 0.05) is 6.20 Å². The predicted molar refractivity (Wildman–Crippen MR) is 56.9 cm³/mol. The first-order valence-corrected chi connectivity index (χ1v) is 5.34. The lowest BCUT2D eigenvalue weighted by Crippen LogP contribution is -2.30. The Balaban J connectivity index is 2.38. The van der Waals surface area contributed by atoms with Gasteiger partial charge in [0.1, 0.15) is 0 Å². The molecule has 76 valence electrons. The fraction of sp³-hybridized carbons (Fsp3) is 0.444. The number of amides is 1. The quantitative estimate of drug-likeness (QED) is 0.827. The number of alkyl halides is 1. The molecule has 0 aromatic carbocycles. The van der Waals surface area contributed by atoms with E-state index in [9.17, 15) is 4.79 Å². The highest BCUT2D eigenvalue weighted by molar-refractivity contribution is 9.10. The topological polar surface area (TPSA) is 54.9 Å². The highest BCUT2D eigenvalue weighted by Gasteiger charge is 2.11. The first-order valence-electron chi connectivity index (χ1n) is 4.42. The van der Waals surface area contributed by atoms with Crippen molar-refractivity contribution in [2.45, 2.75) is 24.7 Å². The summed E-state index contributed by atoms with van der Waals surface area (Å²) >= 11 is 3.27. The molecule has 0 fully saturated rings. The van der Waals surface area contributed by atoms with Crippen molar-refractivity contribution in [1.29, 1.82) is 0 Å². The summed E-state index contributed by atoms with van der Waals surface area (Å²) in [6.07, 6.45) is 2.37. The molecule has 1 aromatic heterocycles. The Hall–Kier alpha value is -0.970. The zero-order valence-corrected chi connectivity index (χ0v) is 9.49. The van der Waals surface area contributed by atoms with Crippen molar-refractivity contribution in [3.8, 4) is 0 Å². The lowest BCUT2D eigenvalue weighted by atomic mass is 10.3. The molecule has 0 saturated carbocycles. The van der Waals surface area contributed by atoms with E-state index in [4.69, 9.17) is 0 Å². The standard InChI is InChI=1S/C9H12BrN3O/c1-2-8(10)9(14)11-6-7-4-3-5-12-13-7/h3-5,8H,2,6H2,1H3,(H,11,14). The van der Waals surface area contributed by atoms with Crippen molar-refractivity contribution in [3.63, 3.8) is 0 Å². The zero-order chi connectivity index (χ0) is 10.4. The van der Waals surface area contributed by atoms with E-state index in [2.05, 4.69) is 31.4 Å². The van der Waals surface area contributed by atoms with E-state index < -0.39 is 0 Å². The van der Waals surface area contributed by atoms with Crippen molar-refractivity contribution in [2.24, 2.45) is 0 Å². The normalized spacial score (nSPS) is 12.1. The molecule has 0 radical (unpaired) electrons. The summed E-state index contributed by atoms with van der Waals surface area (Å²) in [4.78, 5) is 11.2. The lowest BCUT2D eigenvalue weighted by molar-refractivity contribution is -0.120. The summed E-state index contributed by atoms with van der Waals surface area (Å²) in [5.41, 5.74) is 0.761. The molecule has 1 N–H and O–H groups in total. The van der Waals surface area contributed by atoms with Crippen LogP contribution in [0.5, 0.6) is 0 Å². The molecule has 1 heterocycles. The maximum absolute atomic E-state index is 11.3. The second kappa shape index (κ2) is 5.70. The van der Waals surface area contributed by atoms with Gasteiger partial charge in [0.05, 0.1) is 17.1 Å². The summed E-state index contributed by atoms with van der Waals surface area (Å²) in [7, 11) is 0. The van der Waals surface area contributed by atoms with Gasteiger partial charge in [-0.05, 0) is 18.6 Å². The molecule has 0 saturated heterocycles.